The SMILES string of the molecule is CCO.O=C1C=CC=C/C1=C/N[C@@H]1c2ccccc2C[C@@H]1O.[O]=[V]. The van der Waals surface area contributed by atoms with Gasteiger partial charge in [0, 0.05) is 24.8 Å². The van der Waals surface area contributed by atoms with E-state index in [9.17, 15) is 9.90 Å². The third-order valence-corrected chi connectivity index (χ3v) is 3.54. The summed E-state index contributed by atoms with van der Waals surface area (Å²) in [5.41, 5.74) is 2.88. The molecule has 3 N–H and O–H groups in total. The third kappa shape index (κ3) is 5.39. The van der Waals surface area contributed by atoms with Crippen molar-refractivity contribution >= 4 is 5.78 Å². The fourth-order valence-electron chi connectivity index (χ4n) is 2.55. The van der Waals surface area contributed by atoms with Gasteiger partial charge in [0.25, 0.3) is 0 Å². The van der Waals surface area contributed by atoms with Crippen LogP contribution >= 0.6 is 0 Å². The average molecular weight is 366 g/mol. The number of rotatable bonds is 2. The van der Waals surface area contributed by atoms with Gasteiger partial charge in [-0.2, -0.15) is 0 Å². The predicted octanol–water partition coefficient (Wildman–Crippen LogP) is 1.69. The van der Waals surface area contributed by atoms with Crippen molar-refractivity contribution < 1.29 is 36.1 Å². The fraction of sp³-hybridized carbons (Fsp3) is 0.278. The molecule has 1 aromatic carbocycles. The molecule has 0 unspecified atom stereocenters. The second kappa shape index (κ2) is 10.9. The molecule has 0 aromatic heterocycles. The van der Waals surface area contributed by atoms with Crippen LogP contribution in [0.25, 0.3) is 0 Å². The van der Waals surface area contributed by atoms with Gasteiger partial charge in [0.1, 0.15) is 0 Å². The van der Waals surface area contributed by atoms with Crippen LogP contribution in [-0.4, -0.2) is 28.7 Å². The number of aliphatic hydroxyl groups is 2. The van der Waals surface area contributed by atoms with Crippen molar-refractivity contribution in [2.75, 3.05) is 6.61 Å². The molecule has 0 amide bonds. The number of carbonyl (C=O) groups excluding carboxylic acids is 1. The summed E-state index contributed by atoms with van der Waals surface area (Å²) in [6.07, 6.45) is 8.74. The molecule has 2 atom stereocenters. The van der Waals surface area contributed by atoms with E-state index in [-0.39, 0.29) is 18.4 Å². The van der Waals surface area contributed by atoms with Crippen molar-refractivity contribution in [3.8, 4) is 0 Å². The monoisotopic (exact) mass is 366 g/mol. The minimum atomic E-state index is -0.451. The molecule has 127 valence electrons. The molecule has 24 heavy (non-hydrogen) atoms. The molecule has 6 heteroatoms. The molecule has 0 heterocycles. The van der Waals surface area contributed by atoms with Gasteiger partial charge in [-0.1, -0.05) is 36.4 Å². The quantitative estimate of drug-likeness (QED) is 0.694. The van der Waals surface area contributed by atoms with Crippen molar-refractivity contribution in [2.24, 2.45) is 0 Å². The summed E-state index contributed by atoms with van der Waals surface area (Å²) in [6.45, 7) is 1.93. The zero-order chi connectivity index (χ0) is 17.9. The maximum atomic E-state index is 11.6. The number of benzene rings is 1. The number of ketones is 1. The predicted molar refractivity (Wildman–Crippen MR) is 86.8 cm³/mol. The van der Waals surface area contributed by atoms with Gasteiger partial charge in [-0.3, -0.25) is 4.79 Å². The number of hydrogen-bond donors (Lipinski definition) is 3. The molecule has 5 nitrogen and oxygen atoms in total. The molecule has 0 fully saturated rings. The van der Waals surface area contributed by atoms with E-state index in [0.717, 1.165) is 28.5 Å². The molecule has 2 aliphatic carbocycles. The Hall–Kier alpha value is -1.79. The number of nitrogens with one attached hydrogen (secondary N) is 1. The Bertz CT molecular complexity index is 640. The number of aliphatic hydroxyl groups excluding tert-OH is 2. The first-order valence-corrected chi connectivity index (χ1v) is 8.14. The van der Waals surface area contributed by atoms with Gasteiger partial charge in [-0.25, -0.2) is 0 Å². The van der Waals surface area contributed by atoms with Crippen LogP contribution in [0.15, 0.2) is 60.3 Å². The van der Waals surface area contributed by atoms with E-state index >= 15 is 0 Å². The Morgan fingerprint density at radius 2 is 1.88 bits per heavy atom. The van der Waals surface area contributed by atoms with Gasteiger partial charge >= 0.3 is 21.0 Å². The van der Waals surface area contributed by atoms with E-state index in [2.05, 4.69) is 5.32 Å². The first-order valence-electron chi connectivity index (χ1n) is 7.57. The maximum absolute atomic E-state index is 11.6. The zero-order valence-corrected chi connectivity index (χ0v) is 14.8. The third-order valence-electron chi connectivity index (χ3n) is 3.54. The van der Waals surface area contributed by atoms with Gasteiger partial charge in [0.15, 0.2) is 5.78 Å². The summed E-state index contributed by atoms with van der Waals surface area (Å²) in [7, 11) is 0. The molecular formula is C18H21NO4V. The van der Waals surface area contributed by atoms with E-state index in [4.69, 9.17) is 8.78 Å². The van der Waals surface area contributed by atoms with Crippen molar-refractivity contribution in [1.29, 1.82) is 0 Å². The number of carbonyl (C=O) groups is 1. The van der Waals surface area contributed by atoms with Crippen molar-refractivity contribution in [3.63, 3.8) is 0 Å². The standard InChI is InChI=1S/C16H15NO2.C2H6O.O.V/c18-14-8-4-2-6-12(14)10-17-16-13-7-3-1-5-11(13)9-15(16)19;1-2-3;;/h1-8,10,15-17,19H,9H2;3H,2H2,1H3;;/b12-10-;;;/t15-,16+;;;/m0.../s1. The van der Waals surface area contributed by atoms with Crippen LogP contribution in [0.5, 0.6) is 0 Å². The average Bonchev–Trinajstić information content (AvgIpc) is 2.92. The Labute approximate surface area is 151 Å². The molecule has 2 aliphatic rings. The van der Waals surface area contributed by atoms with Crippen molar-refractivity contribution in [2.45, 2.75) is 25.5 Å². The van der Waals surface area contributed by atoms with E-state index in [1.54, 1.807) is 25.3 Å². The number of allylic oxidation sites excluding steroid dienone is 5. The molecule has 0 saturated heterocycles. The first kappa shape index (κ1) is 20.3. The molecule has 3 rings (SSSR count). The Morgan fingerprint density at radius 3 is 2.54 bits per heavy atom. The number of hydrogen-bond acceptors (Lipinski definition) is 5. The Kier molecular flexibility index (Phi) is 9.19. The summed E-state index contributed by atoms with van der Waals surface area (Å²) in [6, 6.07) is 7.84. The molecule has 0 saturated carbocycles. The summed E-state index contributed by atoms with van der Waals surface area (Å²) in [5.74, 6) is -0.0178. The van der Waals surface area contributed by atoms with E-state index in [1.807, 2.05) is 30.3 Å². The second-order valence-electron chi connectivity index (χ2n) is 5.11. The van der Waals surface area contributed by atoms with Gasteiger partial charge in [-0.15, -0.1) is 0 Å². The summed E-state index contributed by atoms with van der Waals surface area (Å²) < 4.78 is 8.19. The van der Waals surface area contributed by atoms with E-state index in [1.165, 1.54) is 6.08 Å². The van der Waals surface area contributed by atoms with Gasteiger partial charge in [0.2, 0.25) is 0 Å². The van der Waals surface area contributed by atoms with E-state index < -0.39 is 6.10 Å². The Morgan fingerprint density at radius 1 is 1.25 bits per heavy atom. The summed E-state index contributed by atoms with van der Waals surface area (Å²) >= 11 is 1.06. The topological polar surface area (TPSA) is 86.6 Å². The Balaban J connectivity index is 0.000000521. The number of fused-ring (bicyclic) bond motifs is 1. The molecule has 0 radical (unpaired) electrons. The zero-order valence-electron chi connectivity index (χ0n) is 13.4. The van der Waals surface area contributed by atoms with E-state index in [0.29, 0.717) is 12.0 Å². The van der Waals surface area contributed by atoms with Crippen LogP contribution in [0.4, 0.5) is 0 Å². The van der Waals surface area contributed by atoms with Crippen LogP contribution in [0.1, 0.15) is 24.1 Å². The van der Waals surface area contributed by atoms with Gasteiger partial charge in [-0.05, 0) is 30.2 Å². The first-order chi connectivity index (χ1) is 11.7. The molecule has 0 bridgehead atoms. The molecular weight excluding hydrogens is 345 g/mol. The van der Waals surface area contributed by atoms with Crippen LogP contribution < -0.4 is 5.32 Å². The van der Waals surface area contributed by atoms with Crippen LogP contribution in [-0.2, 0) is 32.3 Å². The molecule has 0 aliphatic heterocycles. The second-order valence-corrected chi connectivity index (χ2v) is 5.11. The molecule has 0 spiro atoms. The van der Waals surface area contributed by atoms with Crippen LogP contribution in [0.2, 0.25) is 0 Å². The fourth-order valence-corrected chi connectivity index (χ4v) is 2.55. The normalized spacial score (nSPS) is 22.1. The van der Waals surface area contributed by atoms with Crippen molar-refractivity contribution in [1.82, 2.24) is 5.32 Å². The van der Waals surface area contributed by atoms with Crippen LogP contribution in [0.3, 0.4) is 0 Å². The summed E-state index contributed by atoms with van der Waals surface area (Å²) in [5, 5.41) is 20.8. The minimum absolute atomic E-state index is 0.0178. The van der Waals surface area contributed by atoms with Crippen molar-refractivity contribution in [3.05, 3.63) is 71.5 Å². The van der Waals surface area contributed by atoms with Gasteiger partial charge < -0.3 is 15.5 Å². The molecule has 1 aromatic rings. The summed E-state index contributed by atoms with van der Waals surface area (Å²) in [4.78, 5) is 11.6. The van der Waals surface area contributed by atoms with Gasteiger partial charge in [0.05, 0.1) is 12.1 Å². The van der Waals surface area contributed by atoms with Crippen LogP contribution in [0, 0.1) is 0 Å².